The molecule has 15 heavy (non-hydrogen) atoms. The quantitative estimate of drug-likeness (QED) is 0.908. The van der Waals surface area contributed by atoms with Crippen LogP contribution in [-0.2, 0) is 0 Å². The van der Waals surface area contributed by atoms with E-state index in [0.717, 1.165) is 11.3 Å². The lowest BCUT2D eigenvalue weighted by atomic mass is 10.4. The van der Waals surface area contributed by atoms with Crippen LogP contribution < -0.4 is 0 Å². The van der Waals surface area contributed by atoms with Crippen molar-refractivity contribution < 1.29 is 9.90 Å². The van der Waals surface area contributed by atoms with Crippen molar-refractivity contribution in [3.63, 3.8) is 0 Å². The number of rotatable bonds is 2. The van der Waals surface area contributed by atoms with Crippen LogP contribution in [0.4, 0.5) is 0 Å². The van der Waals surface area contributed by atoms with E-state index in [9.17, 15) is 4.79 Å². The number of carboxylic acids is 1. The number of nitrogens with zero attached hydrogens (tertiary/aromatic N) is 1. The number of aromatic carboxylic acids is 1. The highest BCUT2D eigenvalue weighted by Crippen LogP contribution is 2.39. The Balaban J connectivity index is 2.45. The van der Waals surface area contributed by atoms with E-state index in [-0.39, 0.29) is 4.88 Å². The molecule has 0 saturated heterocycles. The first-order valence-electron chi connectivity index (χ1n) is 3.72. The summed E-state index contributed by atoms with van der Waals surface area (Å²) in [6.45, 7) is 0. The molecule has 2 aromatic rings. The van der Waals surface area contributed by atoms with Gasteiger partial charge in [-0.15, -0.1) is 22.7 Å². The second-order valence-corrected chi connectivity index (χ2v) is 5.89. The molecule has 1 N–H and O–H groups in total. The van der Waals surface area contributed by atoms with Crippen LogP contribution >= 0.6 is 45.9 Å². The molecule has 0 unspecified atom stereocenters. The SMILES string of the molecule is O=C(O)c1cnc(-c2cc(Cl)sc2Cl)s1. The van der Waals surface area contributed by atoms with E-state index in [1.54, 1.807) is 6.07 Å². The Morgan fingerprint density at radius 3 is 2.60 bits per heavy atom. The fourth-order valence-electron chi connectivity index (χ4n) is 0.984. The van der Waals surface area contributed by atoms with Crippen LogP contribution in [0.1, 0.15) is 9.67 Å². The minimum atomic E-state index is -0.990. The van der Waals surface area contributed by atoms with Crippen molar-refractivity contribution in [2.45, 2.75) is 0 Å². The Morgan fingerprint density at radius 1 is 1.40 bits per heavy atom. The molecule has 2 aromatic heterocycles. The largest absolute Gasteiger partial charge is 0.477 e. The van der Waals surface area contributed by atoms with Crippen molar-refractivity contribution >= 4 is 51.8 Å². The van der Waals surface area contributed by atoms with Crippen molar-refractivity contribution in [2.75, 3.05) is 0 Å². The third kappa shape index (κ3) is 2.15. The van der Waals surface area contributed by atoms with Gasteiger partial charge in [-0.2, -0.15) is 0 Å². The Kier molecular flexibility index (Phi) is 2.97. The molecular formula is C8H3Cl2NO2S2. The summed E-state index contributed by atoms with van der Waals surface area (Å²) in [5, 5.41) is 9.30. The fourth-order valence-corrected chi connectivity index (χ4v) is 3.35. The molecule has 0 bridgehead atoms. The van der Waals surface area contributed by atoms with E-state index in [1.165, 1.54) is 17.5 Å². The van der Waals surface area contributed by atoms with Gasteiger partial charge in [0.1, 0.15) is 14.2 Å². The molecule has 78 valence electrons. The number of carboxylic acid groups (broad SMARTS) is 1. The molecule has 3 nitrogen and oxygen atoms in total. The molecule has 0 aliphatic rings. The summed E-state index contributed by atoms with van der Waals surface area (Å²) in [7, 11) is 0. The average Bonchev–Trinajstić information content (AvgIpc) is 2.71. The van der Waals surface area contributed by atoms with E-state index in [2.05, 4.69) is 4.98 Å². The van der Waals surface area contributed by atoms with Gasteiger partial charge < -0.3 is 5.11 Å². The van der Waals surface area contributed by atoms with Crippen molar-refractivity contribution in [1.82, 2.24) is 4.98 Å². The summed E-state index contributed by atoms with van der Waals surface area (Å²) in [6.07, 6.45) is 1.31. The molecule has 0 amide bonds. The van der Waals surface area contributed by atoms with Crippen LogP contribution in [0.15, 0.2) is 12.3 Å². The summed E-state index contributed by atoms with van der Waals surface area (Å²) >= 11 is 14.0. The van der Waals surface area contributed by atoms with Gasteiger partial charge >= 0.3 is 5.97 Å². The first-order valence-corrected chi connectivity index (χ1v) is 6.11. The number of thiazole rings is 1. The molecule has 0 saturated carbocycles. The first-order chi connectivity index (χ1) is 7.08. The second kappa shape index (κ2) is 4.09. The van der Waals surface area contributed by atoms with Crippen LogP contribution in [0.5, 0.6) is 0 Å². The molecule has 0 aliphatic carbocycles. The van der Waals surface area contributed by atoms with E-state index < -0.39 is 5.97 Å². The molecular weight excluding hydrogens is 277 g/mol. The van der Waals surface area contributed by atoms with Gasteiger partial charge in [-0.3, -0.25) is 0 Å². The van der Waals surface area contributed by atoms with Crippen molar-refractivity contribution in [3.05, 3.63) is 25.8 Å². The Labute approximate surface area is 103 Å². The van der Waals surface area contributed by atoms with Gasteiger partial charge in [-0.1, -0.05) is 23.2 Å². The smallest absolute Gasteiger partial charge is 0.347 e. The molecule has 0 spiro atoms. The number of aromatic nitrogens is 1. The van der Waals surface area contributed by atoms with Crippen LogP contribution in [0, 0.1) is 0 Å². The highest BCUT2D eigenvalue weighted by molar-refractivity contribution is 7.21. The molecule has 0 fully saturated rings. The van der Waals surface area contributed by atoms with E-state index in [1.807, 2.05) is 0 Å². The van der Waals surface area contributed by atoms with Gasteiger partial charge in [0.05, 0.1) is 10.5 Å². The number of thiophene rings is 1. The lowest BCUT2D eigenvalue weighted by Crippen LogP contribution is -1.89. The van der Waals surface area contributed by atoms with E-state index >= 15 is 0 Å². The maximum Gasteiger partial charge on any atom is 0.347 e. The highest BCUT2D eigenvalue weighted by atomic mass is 35.5. The molecule has 0 aromatic carbocycles. The van der Waals surface area contributed by atoms with Crippen LogP contribution in [-0.4, -0.2) is 16.1 Å². The van der Waals surface area contributed by atoms with Gasteiger partial charge in [0.15, 0.2) is 0 Å². The average molecular weight is 280 g/mol. The highest BCUT2D eigenvalue weighted by Gasteiger charge is 2.14. The third-order valence-electron chi connectivity index (χ3n) is 1.60. The minimum absolute atomic E-state index is 0.184. The summed E-state index contributed by atoms with van der Waals surface area (Å²) in [5.74, 6) is -0.990. The first kappa shape index (κ1) is 10.9. The molecule has 2 rings (SSSR count). The molecule has 7 heteroatoms. The Bertz CT molecular complexity index is 520. The van der Waals surface area contributed by atoms with Gasteiger partial charge in [0.25, 0.3) is 0 Å². The number of hydrogen-bond donors (Lipinski definition) is 1. The Hall–Kier alpha value is -0.620. The van der Waals surface area contributed by atoms with Crippen LogP contribution in [0.2, 0.25) is 8.67 Å². The van der Waals surface area contributed by atoms with Gasteiger partial charge in [0, 0.05) is 5.56 Å². The van der Waals surface area contributed by atoms with Crippen molar-refractivity contribution in [3.8, 4) is 10.6 Å². The topological polar surface area (TPSA) is 50.2 Å². The van der Waals surface area contributed by atoms with Crippen molar-refractivity contribution in [2.24, 2.45) is 0 Å². The molecule has 0 radical (unpaired) electrons. The molecule has 0 aliphatic heterocycles. The maximum absolute atomic E-state index is 10.6. The normalized spacial score (nSPS) is 10.5. The van der Waals surface area contributed by atoms with Gasteiger partial charge in [0.2, 0.25) is 0 Å². The predicted octanol–water partition coefficient (Wildman–Crippen LogP) is 3.88. The van der Waals surface area contributed by atoms with E-state index in [4.69, 9.17) is 28.3 Å². The summed E-state index contributed by atoms with van der Waals surface area (Å²) in [5.41, 5.74) is 0.684. The van der Waals surface area contributed by atoms with Crippen molar-refractivity contribution in [1.29, 1.82) is 0 Å². The summed E-state index contributed by atoms with van der Waals surface area (Å²) < 4.78 is 1.08. The molecule has 0 atom stereocenters. The number of hydrogen-bond acceptors (Lipinski definition) is 4. The van der Waals surface area contributed by atoms with Gasteiger partial charge in [-0.25, -0.2) is 9.78 Å². The maximum atomic E-state index is 10.6. The zero-order valence-electron chi connectivity index (χ0n) is 7.03. The predicted molar refractivity (Wildman–Crippen MR) is 62.4 cm³/mol. The van der Waals surface area contributed by atoms with Crippen LogP contribution in [0.3, 0.4) is 0 Å². The van der Waals surface area contributed by atoms with Gasteiger partial charge in [-0.05, 0) is 6.07 Å². The zero-order chi connectivity index (χ0) is 11.0. The zero-order valence-corrected chi connectivity index (χ0v) is 10.2. The fraction of sp³-hybridized carbons (Fsp3) is 0. The van der Waals surface area contributed by atoms with E-state index in [0.29, 0.717) is 19.2 Å². The lowest BCUT2D eigenvalue weighted by Gasteiger charge is -1.89. The third-order valence-corrected chi connectivity index (χ3v) is 4.11. The number of carbonyl (C=O) groups is 1. The summed E-state index contributed by atoms with van der Waals surface area (Å²) in [6, 6.07) is 1.68. The van der Waals surface area contributed by atoms with Crippen LogP contribution in [0.25, 0.3) is 10.6 Å². The minimum Gasteiger partial charge on any atom is -0.477 e. The monoisotopic (exact) mass is 279 g/mol. The summed E-state index contributed by atoms with van der Waals surface area (Å²) in [4.78, 5) is 14.8. The second-order valence-electron chi connectivity index (χ2n) is 2.57. The standard InChI is InChI=1S/C8H3Cl2NO2S2/c9-5-1-3(6(10)15-5)7-11-2-4(14-7)8(12)13/h1-2H,(H,12,13). The Morgan fingerprint density at radius 2 is 2.13 bits per heavy atom. The lowest BCUT2D eigenvalue weighted by molar-refractivity contribution is 0.0702. The molecule has 2 heterocycles. The number of halogens is 2.